The fourth-order valence-corrected chi connectivity index (χ4v) is 2.61. The number of hydrogen-bond acceptors (Lipinski definition) is 3. The minimum absolute atomic E-state index is 0.245. The van der Waals surface area contributed by atoms with Crippen LogP contribution in [0.2, 0.25) is 0 Å². The van der Waals surface area contributed by atoms with E-state index in [1.807, 2.05) is 13.2 Å². The van der Waals surface area contributed by atoms with Gasteiger partial charge in [-0.15, -0.1) is 0 Å². The average molecular weight is 220 g/mol. The first-order valence-corrected chi connectivity index (χ1v) is 5.85. The van der Waals surface area contributed by atoms with E-state index < -0.39 is 0 Å². The summed E-state index contributed by atoms with van der Waals surface area (Å²) < 4.78 is 5.23. The zero-order valence-electron chi connectivity index (χ0n) is 10.3. The monoisotopic (exact) mass is 220 g/mol. The van der Waals surface area contributed by atoms with Crippen LogP contribution in [0.25, 0.3) is 0 Å². The fraction of sp³-hybridized carbons (Fsp3) is 0.615. The lowest BCUT2D eigenvalue weighted by Crippen LogP contribution is -2.25. The van der Waals surface area contributed by atoms with Gasteiger partial charge in [-0.3, -0.25) is 4.98 Å². The van der Waals surface area contributed by atoms with Gasteiger partial charge in [-0.2, -0.15) is 0 Å². The van der Waals surface area contributed by atoms with Crippen molar-refractivity contribution >= 4 is 0 Å². The van der Waals surface area contributed by atoms with Gasteiger partial charge in [0.1, 0.15) is 5.75 Å². The number of ether oxygens (including phenoxy) is 1. The fourth-order valence-electron chi connectivity index (χ4n) is 2.61. The van der Waals surface area contributed by atoms with Gasteiger partial charge in [0.2, 0.25) is 0 Å². The van der Waals surface area contributed by atoms with Crippen molar-refractivity contribution in [3.63, 3.8) is 0 Å². The van der Waals surface area contributed by atoms with Crippen LogP contribution in [0, 0.1) is 0 Å². The summed E-state index contributed by atoms with van der Waals surface area (Å²) in [6.07, 6.45) is 7.37. The van der Waals surface area contributed by atoms with Crippen molar-refractivity contribution < 1.29 is 4.74 Å². The van der Waals surface area contributed by atoms with Crippen molar-refractivity contribution in [3.05, 3.63) is 24.0 Å². The Labute approximate surface area is 97.2 Å². The van der Waals surface area contributed by atoms with Crippen molar-refractivity contribution in [1.29, 1.82) is 0 Å². The first kappa shape index (κ1) is 11.4. The molecule has 0 bridgehead atoms. The molecule has 2 unspecified atom stereocenters. The lowest BCUT2D eigenvalue weighted by molar-refractivity contribution is 0.407. The van der Waals surface area contributed by atoms with Crippen LogP contribution in [-0.2, 0) is 5.41 Å². The maximum Gasteiger partial charge on any atom is 0.137 e. The Bertz CT molecular complexity index is 367. The molecule has 3 heteroatoms. The zero-order chi connectivity index (χ0) is 11.6. The number of nitrogens with zero attached hydrogens (tertiary/aromatic N) is 1. The van der Waals surface area contributed by atoms with Gasteiger partial charge in [0.25, 0.3) is 0 Å². The van der Waals surface area contributed by atoms with E-state index in [-0.39, 0.29) is 5.41 Å². The summed E-state index contributed by atoms with van der Waals surface area (Å²) in [6.45, 7) is 2.32. The highest BCUT2D eigenvalue weighted by Crippen LogP contribution is 2.41. The van der Waals surface area contributed by atoms with Gasteiger partial charge in [-0.05, 0) is 43.4 Å². The Morgan fingerprint density at radius 3 is 2.94 bits per heavy atom. The lowest BCUT2D eigenvalue weighted by atomic mass is 9.81. The van der Waals surface area contributed by atoms with Crippen LogP contribution in [0.15, 0.2) is 18.5 Å². The quantitative estimate of drug-likeness (QED) is 0.847. The topological polar surface area (TPSA) is 34.2 Å². The SMILES string of the molecule is CNC1CCC(C)(c2cncc(OC)c2)C1. The van der Waals surface area contributed by atoms with Crippen LogP contribution in [-0.4, -0.2) is 25.2 Å². The number of rotatable bonds is 3. The molecule has 1 aliphatic rings. The summed E-state index contributed by atoms with van der Waals surface area (Å²) in [5.74, 6) is 0.853. The molecular formula is C13H20N2O. The van der Waals surface area contributed by atoms with E-state index in [9.17, 15) is 0 Å². The summed E-state index contributed by atoms with van der Waals surface area (Å²) in [6, 6.07) is 2.75. The van der Waals surface area contributed by atoms with Crippen LogP contribution in [0.4, 0.5) is 0 Å². The Kier molecular flexibility index (Phi) is 3.15. The second kappa shape index (κ2) is 4.42. The van der Waals surface area contributed by atoms with E-state index in [2.05, 4.69) is 23.3 Å². The number of methoxy groups -OCH3 is 1. The van der Waals surface area contributed by atoms with Crippen molar-refractivity contribution in [1.82, 2.24) is 10.3 Å². The van der Waals surface area contributed by atoms with Crippen LogP contribution >= 0.6 is 0 Å². The average Bonchev–Trinajstić information content (AvgIpc) is 2.73. The molecule has 88 valence electrons. The summed E-state index contributed by atoms with van der Waals surface area (Å²) in [7, 11) is 3.73. The third-order valence-corrected chi connectivity index (χ3v) is 3.80. The normalized spacial score (nSPS) is 29.3. The molecule has 0 aliphatic heterocycles. The number of hydrogen-bond donors (Lipinski definition) is 1. The minimum atomic E-state index is 0.245. The molecule has 1 heterocycles. The van der Waals surface area contributed by atoms with Gasteiger partial charge in [0, 0.05) is 12.2 Å². The molecule has 1 aliphatic carbocycles. The molecule has 0 saturated heterocycles. The van der Waals surface area contributed by atoms with Gasteiger partial charge < -0.3 is 10.1 Å². The molecule has 16 heavy (non-hydrogen) atoms. The number of pyridine rings is 1. The molecule has 1 fully saturated rings. The van der Waals surface area contributed by atoms with Gasteiger partial charge in [-0.25, -0.2) is 0 Å². The van der Waals surface area contributed by atoms with E-state index in [1.165, 1.54) is 24.8 Å². The van der Waals surface area contributed by atoms with Gasteiger partial charge in [0.05, 0.1) is 13.3 Å². The third-order valence-electron chi connectivity index (χ3n) is 3.80. The predicted octanol–water partition coefficient (Wildman–Crippen LogP) is 2.12. The molecule has 0 aromatic carbocycles. The Hall–Kier alpha value is -1.09. The second-order valence-electron chi connectivity index (χ2n) is 4.90. The Balaban J connectivity index is 2.22. The summed E-state index contributed by atoms with van der Waals surface area (Å²) >= 11 is 0. The van der Waals surface area contributed by atoms with Crippen molar-refractivity contribution in [2.45, 2.75) is 37.6 Å². The van der Waals surface area contributed by atoms with E-state index in [0.717, 1.165) is 5.75 Å². The van der Waals surface area contributed by atoms with Gasteiger partial charge in [0.15, 0.2) is 0 Å². The first-order valence-electron chi connectivity index (χ1n) is 5.85. The maximum atomic E-state index is 5.23. The van der Waals surface area contributed by atoms with Gasteiger partial charge >= 0.3 is 0 Å². The Morgan fingerprint density at radius 2 is 2.31 bits per heavy atom. The highest BCUT2D eigenvalue weighted by Gasteiger charge is 2.36. The van der Waals surface area contributed by atoms with Crippen LogP contribution in [0.1, 0.15) is 31.7 Å². The molecule has 2 rings (SSSR count). The standard InChI is InChI=1S/C13H20N2O/c1-13(5-4-11(7-13)14-2)10-6-12(16-3)9-15-8-10/h6,8-9,11,14H,4-5,7H2,1-3H3. The lowest BCUT2D eigenvalue weighted by Gasteiger charge is -2.24. The van der Waals surface area contributed by atoms with E-state index in [4.69, 9.17) is 4.74 Å². The van der Waals surface area contributed by atoms with E-state index in [1.54, 1.807) is 13.3 Å². The predicted molar refractivity (Wildman–Crippen MR) is 64.8 cm³/mol. The van der Waals surface area contributed by atoms with Gasteiger partial charge in [-0.1, -0.05) is 6.92 Å². The third kappa shape index (κ3) is 2.05. The molecule has 0 spiro atoms. The van der Waals surface area contributed by atoms with Crippen LogP contribution in [0.5, 0.6) is 5.75 Å². The molecular weight excluding hydrogens is 200 g/mol. The van der Waals surface area contributed by atoms with Crippen molar-refractivity contribution in [2.24, 2.45) is 0 Å². The molecule has 1 saturated carbocycles. The molecule has 1 N–H and O–H groups in total. The van der Waals surface area contributed by atoms with E-state index >= 15 is 0 Å². The molecule has 3 nitrogen and oxygen atoms in total. The summed E-state index contributed by atoms with van der Waals surface area (Å²) in [5.41, 5.74) is 1.54. The van der Waals surface area contributed by atoms with E-state index in [0.29, 0.717) is 6.04 Å². The first-order chi connectivity index (χ1) is 7.68. The Morgan fingerprint density at radius 1 is 1.50 bits per heavy atom. The van der Waals surface area contributed by atoms with Crippen LogP contribution < -0.4 is 10.1 Å². The molecule has 2 atom stereocenters. The maximum absolute atomic E-state index is 5.23. The number of aromatic nitrogens is 1. The molecule has 1 aromatic rings. The largest absolute Gasteiger partial charge is 0.495 e. The highest BCUT2D eigenvalue weighted by atomic mass is 16.5. The minimum Gasteiger partial charge on any atom is -0.495 e. The van der Waals surface area contributed by atoms with Crippen molar-refractivity contribution in [2.75, 3.05) is 14.2 Å². The second-order valence-corrected chi connectivity index (χ2v) is 4.90. The number of nitrogens with one attached hydrogen (secondary N) is 1. The summed E-state index contributed by atoms with van der Waals surface area (Å²) in [4.78, 5) is 4.25. The van der Waals surface area contributed by atoms with Crippen LogP contribution in [0.3, 0.4) is 0 Å². The summed E-state index contributed by atoms with van der Waals surface area (Å²) in [5, 5.41) is 3.37. The van der Waals surface area contributed by atoms with Crippen molar-refractivity contribution in [3.8, 4) is 5.75 Å². The highest BCUT2D eigenvalue weighted by molar-refractivity contribution is 5.30. The zero-order valence-corrected chi connectivity index (χ0v) is 10.3. The molecule has 1 aromatic heterocycles. The smallest absolute Gasteiger partial charge is 0.137 e. The molecule has 0 radical (unpaired) electrons. The molecule has 0 amide bonds.